The number of aryl methyl sites for hydroxylation is 1. The summed E-state index contributed by atoms with van der Waals surface area (Å²) >= 11 is 0. The Morgan fingerprint density at radius 2 is 1.77 bits per heavy atom. The third-order valence-corrected chi connectivity index (χ3v) is 6.18. The van der Waals surface area contributed by atoms with E-state index in [1.165, 1.54) is 57.7 Å². The minimum absolute atomic E-state index is 0.120. The second kappa shape index (κ2) is 7.21. The Morgan fingerprint density at radius 3 is 2.54 bits per heavy atom. The number of anilines is 1. The van der Waals surface area contributed by atoms with Gasteiger partial charge in [-0.3, -0.25) is 4.79 Å². The van der Waals surface area contributed by atoms with Crippen molar-refractivity contribution < 1.29 is 4.79 Å². The Bertz CT molecular complexity index is 777. The molecule has 7 nitrogen and oxygen atoms in total. The molecule has 2 aromatic rings. The normalized spacial score (nSPS) is 20.4. The lowest BCUT2D eigenvalue weighted by molar-refractivity contribution is -0.141. The maximum absolute atomic E-state index is 13.1. The molecular weight excluding hydrogens is 328 g/mol. The fourth-order valence-electron chi connectivity index (χ4n) is 4.81. The molecule has 26 heavy (non-hydrogen) atoms. The van der Waals surface area contributed by atoms with Crippen molar-refractivity contribution in [2.75, 3.05) is 12.3 Å². The second-order valence-corrected chi connectivity index (χ2v) is 7.76. The minimum Gasteiger partial charge on any atom is -0.382 e. The average molecular weight is 356 g/mol. The number of imidazole rings is 1. The van der Waals surface area contributed by atoms with E-state index in [0.717, 1.165) is 13.0 Å². The summed E-state index contributed by atoms with van der Waals surface area (Å²) < 4.78 is 1.91. The van der Waals surface area contributed by atoms with Crippen molar-refractivity contribution in [2.45, 2.75) is 76.3 Å². The van der Waals surface area contributed by atoms with Gasteiger partial charge in [-0.15, -0.1) is 0 Å². The number of hydrogen-bond donors (Lipinski definition) is 1. The third-order valence-electron chi connectivity index (χ3n) is 6.18. The van der Waals surface area contributed by atoms with Gasteiger partial charge in [-0.05, 0) is 32.1 Å². The van der Waals surface area contributed by atoms with Crippen molar-refractivity contribution in [1.82, 2.24) is 24.4 Å². The number of piperidine rings is 1. The summed E-state index contributed by atoms with van der Waals surface area (Å²) in [5.74, 6) is 0.656. The highest BCUT2D eigenvalue weighted by atomic mass is 16.2. The average Bonchev–Trinajstić information content (AvgIpc) is 2.94. The standard InChI is InChI=1S/C19H28N6O/c20-17-16-18(22-13-21-17)24(14-23-16)12-7-15(26)25-11-6-5-10-19(25)8-3-1-2-4-9-19/h13-14H,1-12H2,(H2,20,21,22). The monoisotopic (exact) mass is 356 g/mol. The van der Waals surface area contributed by atoms with Crippen LogP contribution in [-0.2, 0) is 11.3 Å². The van der Waals surface area contributed by atoms with Crippen LogP contribution in [0, 0.1) is 0 Å². The van der Waals surface area contributed by atoms with Gasteiger partial charge in [0.25, 0.3) is 0 Å². The third kappa shape index (κ3) is 3.15. The van der Waals surface area contributed by atoms with Gasteiger partial charge >= 0.3 is 0 Å². The largest absolute Gasteiger partial charge is 0.382 e. The van der Waals surface area contributed by atoms with Gasteiger partial charge in [0.15, 0.2) is 11.5 Å². The quantitative estimate of drug-likeness (QED) is 0.913. The molecule has 2 N–H and O–H groups in total. The summed E-state index contributed by atoms with van der Waals surface area (Å²) in [4.78, 5) is 27.9. The number of hydrogen-bond acceptors (Lipinski definition) is 5. The molecule has 1 spiro atoms. The molecule has 2 aliphatic rings. The molecule has 2 fully saturated rings. The van der Waals surface area contributed by atoms with E-state index < -0.39 is 0 Å². The van der Waals surface area contributed by atoms with Crippen LogP contribution in [0.1, 0.15) is 64.2 Å². The summed E-state index contributed by atoms with van der Waals surface area (Å²) in [7, 11) is 0. The van der Waals surface area contributed by atoms with Crippen LogP contribution in [0.2, 0.25) is 0 Å². The van der Waals surface area contributed by atoms with Gasteiger partial charge in [0.1, 0.15) is 11.8 Å². The number of aromatic nitrogens is 4. The van der Waals surface area contributed by atoms with E-state index >= 15 is 0 Å². The molecule has 2 aromatic heterocycles. The first-order valence-corrected chi connectivity index (χ1v) is 9.91. The van der Waals surface area contributed by atoms with Gasteiger partial charge in [0.2, 0.25) is 5.91 Å². The van der Waals surface area contributed by atoms with Crippen molar-refractivity contribution >= 4 is 22.9 Å². The number of amides is 1. The highest BCUT2D eigenvalue weighted by Crippen LogP contribution is 2.40. The Hall–Kier alpha value is -2.18. The topological polar surface area (TPSA) is 89.9 Å². The van der Waals surface area contributed by atoms with Gasteiger partial charge in [-0.1, -0.05) is 25.7 Å². The van der Waals surface area contributed by atoms with E-state index in [0.29, 0.717) is 29.9 Å². The predicted molar refractivity (Wildman–Crippen MR) is 100 cm³/mol. The summed E-state index contributed by atoms with van der Waals surface area (Å²) in [6.07, 6.45) is 14.7. The van der Waals surface area contributed by atoms with Crippen LogP contribution < -0.4 is 5.73 Å². The first-order valence-electron chi connectivity index (χ1n) is 9.91. The van der Waals surface area contributed by atoms with Gasteiger partial charge in [-0.25, -0.2) is 15.0 Å². The van der Waals surface area contributed by atoms with Crippen LogP contribution in [0.3, 0.4) is 0 Å². The van der Waals surface area contributed by atoms with Gasteiger partial charge in [0, 0.05) is 25.0 Å². The van der Waals surface area contributed by atoms with Crippen LogP contribution in [0.15, 0.2) is 12.7 Å². The zero-order valence-electron chi connectivity index (χ0n) is 15.4. The highest BCUT2D eigenvalue weighted by molar-refractivity contribution is 5.81. The lowest BCUT2D eigenvalue weighted by atomic mass is 9.80. The molecule has 140 valence electrons. The molecule has 1 saturated carbocycles. The Kier molecular flexibility index (Phi) is 4.78. The first kappa shape index (κ1) is 17.2. The molecule has 0 unspecified atom stereocenters. The van der Waals surface area contributed by atoms with E-state index in [4.69, 9.17) is 5.73 Å². The van der Waals surface area contributed by atoms with E-state index in [9.17, 15) is 4.79 Å². The fourth-order valence-corrected chi connectivity index (χ4v) is 4.81. The Balaban J connectivity index is 1.48. The SMILES string of the molecule is Nc1ncnc2c1ncn2CCC(=O)N1CCCCC12CCCCCC2. The molecule has 0 aromatic carbocycles. The molecule has 0 radical (unpaired) electrons. The van der Waals surface area contributed by atoms with E-state index in [1.54, 1.807) is 6.33 Å². The minimum atomic E-state index is 0.120. The molecule has 3 heterocycles. The maximum atomic E-state index is 13.1. The van der Waals surface area contributed by atoms with Crippen LogP contribution in [0.25, 0.3) is 11.2 Å². The number of nitrogen functional groups attached to an aromatic ring is 1. The second-order valence-electron chi connectivity index (χ2n) is 7.76. The molecule has 1 aliphatic heterocycles. The van der Waals surface area contributed by atoms with Gasteiger partial charge < -0.3 is 15.2 Å². The molecule has 0 atom stereocenters. The smallest absolute Gasteiger partial charge is 0.224 e. The first-order chi connectivity index (χ1) is 12.7. The number of carbonyl (C=O) groups is 1. The zero-order valence-corrected chi connectivity index (χ0v) is 15.4. The number of nitrogens with two attached hydrogens (primary N) is 1. The summed E-state index contributed by atoms with van der Waals surface area (Å²) in [6.45, 7) is 1.50. The molecule has 1 aliphatic carbocycles. The summed E-state index contributed by atoms with van der Waals surface area (Å²) in [5.41, 5.74) is 7.28. The Labute approximate surface area is 154 Å². The molecule has 1 amide bonds. The fraction of sp³-hybridized carbons (Fsp3) is 0.684. The van der Waals surface area contributed by atoms with E-state index in [1.807, 2.05) is 4.57 Å². The van der Waals surface area contributed by atoms with E-state index in [2.05, 4.69) is 19.9 Å². The lowest BCUT2D eigenvalue weighted by Crippen LogP contribution is -2.54. The van der Waals surface area contributed by atoms with Crippen LogP contribution in [-0.4, -0.2) is 42.4 Å². The van der Waals surface area contributed by atoms with Gasteiger partial charge in [-0.2, -0.15) is 0 Å². The van der Waals surface area contributed by atoms with Crippen LogP contribution in [0.5, 0.6) is 0 Å². The summed E-state index contributed by atoms with van der Waals surface area (Å²) in [5, 5.41) is 0. The summed E-state index contributed by atoms with van der Waals surface area (Å²) in [6, 6.07) is 0. The van der Waals surface area contributed by atoms with Crippen molar-refractivity contribution in [1.29, 1.82) is 0 Å². The van der Waals surface area contributed by atoms with Crippen LogP contribution >= 0.6 is 0 Å². The number of rotatable bonds is 3. The lowest BCUT2D eigenvalue weighted by Gasteiger charge is -2.47. The van der Waals surface area contributed by atoms with Crippen molar-refractivity contribution in [3.63, 3.8) is 0 Å². The van der Waals surface area contributed by atoms with Crippen molar-refractivity contribution in [3.05, 3.63) is 12.7 Å². The molecule has 0 bridgehead atoms. The highest BCUT2D eigenvalue weighted by Gasteiger charge is 2.40. The zero-order chi connectivity index (χ0) is 18.0. The van der Waals surface area contributed by atoms with Crippen molar-refractivity contribution in [2.24, 2.45) is 0 Å². The molecule has 4 rings (SSSR count). The molecular formula is C19H28N6O. The molecule has 1 saturated heterocycles. The number of nitrogens with zero attached hydrogens (tertiary/aromatic N) is 5. The molecule has 7 heteroatoms. The number of carbonyl (C=O) groups excluding carboxylic acids is 1. The number of likely N-dealkylation sites (tertiary alicyclic amines) is 1. The van der Waals surface area contributed by atoms with Gasteiger partial charge in [0.05, 0.1) is 6.33 Å². The van der Waals surface area contributed by atoms with E-state index in [-0.39, 0.29) is 11.4 Å². The maximum Gasteiger partial charge on any atom is 0.224 e. The predicted octanol–water partition coefficient (Wildman–Crippen LogP) is 2.90. The Morgan fingerprint density at radius 1 is 1.04 bits per heavy atom. The van der Waals surface area contributed by atoms with Crippen molar-refractivity contribution in [3.8, 4) is 0 Å². The van der Waals surface area contributed by atoms with Crippen LogP contribution in [0.4, 0.5) is 5.82 Å². The number of fused-ring (bicyclic) bond motifs is 1.